The van der Waals surface area contributed by atoms with Crippen LogP contribution in [0.4, 0.5) is 0 Å². The molecule has 0 fully saturated rings. The quantitative estimate of drug-likeness (QED) is 0.711. The Morgan fingerprint density at radius 3 is 2.50 bits per heavy atom. The number of hydrogen-bond donors (Lipinski definition) is 2. The molecule has 0 aliphatic carbocycles. The van der Waals surface area contributed by atoms with Crippen molar-refractivity contribution in [1.29, 1.82) is 0 Å². The molecule has 0 unspecified atom stereocenters. The van der Waals surface area contributed by atoms with E-state index in [1.807, 2.05) is 32.8 Å². The molecule has 20 heavy (non-hydrogen) atoms. The summed E-state index contributed by atoms with van der Waals surface area (Å²) in [5.41, 5.74) is 0.662. The van der Waals surface area contributed by atoms with E-state index in [1.54, 1.807) is 13.2 Å². The molecule has 1 heterocycles. The lowest BCUT2D eigenvalue weighted by molar-refractivity contribution is 0.357. The molecule has 0 spiro atoms. The van der Waals surface area contributed by atoms with Crippen molar-refractivity contribution in [2.24, 2.45) is 0 Å². The second-order valence-corrected chi connectivity index (χ2v) is 7.37. The summed E-state index contributed by atoms with van der Waals surface area (Å²) >= 11 is 0. The van der Waals surface area contributed by atoms with E-state index in [0.29, 0.717) is 25.2 Å². The lowest BCUT2D eigenvalue weighted by atomic mass is 10.3. The van der Waals surface area contributed by atoms with Gasteiger partial charge < -0.3 is 10.2 Å². The molecule has 0 aliphatic heterocycles. The number of aromatic nitrogens is 2. The van der Waals surface area contributed by atoms with E-state index in [1.165, 1.54) is 4.31 Å². The first-order valence-corrected chi connectivity index (χ1v) is 8.06. The predicted molar refractivity (Wildman–Crippen MR) is 78.9 cm³/mol. The predicted octanol–water partition coefficient (Wildman–Crippen LogP) is 0.0898. The molecule has 0 saturated carbocycles. The highest BCUT2D eigenvalue weighted by Gasteiger charge is 2.25. The van der Waals surface area contributed by atoms with Crippen LogP contribution in [0, 0.1) is 0 Å². The van der Waals surface area contributed by atoms with Crippen LogP contribution in [-0.4, -0.2) is 68.1 Å². The van der Waals surface area contributed by atoms with Gasteiger partial charge in [-0.2, -0.15) is 9.40 Å². The maximum absolute atomic E-state index is 12.5. The summed E-state index contributed by atoms with van der Waals surface area (Å²) in [6.45, 7) is 5.61. The third-order valence-electron chi connectivity index (χ3n) is 2.91. The average molecular weight is 303 g/mol. The number of nitrogens with one attached hydrogen (secondary N) is 2. The van der Waals surface area contributed by atoms with Gasteiger partial charge in [-0.1, -0.05) is 13.8 Å². The standard InChI is InChI=1S/C12H25N5O2S/c1-10(2)13-8-11-9-14-15-12(11)20(18,19)17(5)7-6-16(3)4/h9-10,13H,6-8H2,1-5H3,(H,14,15). The minimum absolute atomic E-state index is 0.173. The summed E-state index contributed by atoms with van der Waals surface area (Å²) in [6, 6.07) is 0.284. The van der Waals surface area contributed by atoms with E-state index in [2.05, 4.69) is 15.5 Å². The summed E-state index contributed by atoms with van der Waals surface area (Å²) < 4.78 is 26.3. The molecule has 1 aromatic rings. The van der Waals surface area contributed by atoms with E-state index < -0.39 is 10.0 Å². The van der Waals surface area contributed by atoms with Crippen molar-refractivity contribution < 1.29 is 8.42 Å². The molecule has 0 amide bonds. The van der Waals surface area contributed by atoms with Gasteiger partial charge in [-0.3, -0.25) is 5.10 Å². The summed E-state index contributed by atoms with van der Waals surface area (Å²) in [5.74, 6) is 0. The minimum atomic E-state index is -3.52. The van der Waals surface area contributed by atoms with Crippen LogP contribution in [0.2, 0.25) is 0 Å². The molecule has 116 valence electrons. The van der Waals surface area contributed by atoms with Crippen molar-refractivity contribution in [1.82, 2.24) is 24.7 Å². The van der Waals surface area contributed by atoms with E-state index in [-0.39, 0.29) is 11.1 Å². The Labute approximate surface area is 121 Å². The van der Waals surface area contributed by atoms with Crippen molar-refractivity contribution in [3.8, 4) is 0 Å². The van der Waals surface area contributed by atoms with Gasteiger partial charge in [0, 0.05) is 38.3 Å². The molecule has 1 rings (SSSR count). The maximum Gasteiger partial charge on any atom is 0.260 e. The van der Waals surface area contributed by atoms with Crippen LogP contribution >= 0.6 is 0 Å². The van der Waals surface area contributed by atoms with Crippen LogP contribution in [0.5, 0.6) is 0 Å². The van der Waals surface area contributed by atoms with Crippen molar-refractivity contribution in [3.05, 3.63) is 11.8 Å². The lowest BCUT2D eigenvalue weighted by Crippen LogP contribution is -2.34. The number of rotatable bonds is 8. The van der Waals surface area contributed by atoms with Crippen molar-refractivity contribution >= 4 is 10.0 Å². The van der Waals surface area contributed by atoms with E-state index >= 15 is 0 Å². The molecule has 2 N–H and O–H groups in total. The van der Waals surface area contributed by atoms with Crippen LogP contribution < -0.4 is 5.32 Å². The average Bonchev–Trinajstić information content (AvgIpc) is 2.82. The zero-order chi connectivity index (χ0) is 15.3. The van der Waals surface area contributed by atoms with Gasteiger partial charge in [-0.25, -0.2) is 8.42 Å². The van der Waals surface area contributed by atoms with E-state index in [4.69, 9.17) is 0 Å². The maximum atomic E-state index is 12.5. The van der Waals surface area contributed by atoms with Gasteiger partial charge in [-0.05, 0) is 14.1 Å². The second-order valence-electron chi connectivity index (χ2n) is 5.39. The Bertz CT molecular complexity index is 510. The third-order valence-corrected chi connectivity index (χ3v) is 4.78. The van der Waals surface area contributed by atoms with E-state index in [9.17, 15) is 8.42 Å². The van der Waals surface area contributed by atoms with Crippen LogP contribution in [0.15, 0.2) is 11.2 Å². The molecular formula is C12H25N5O2S. The zero-order valence-electron chi connectivity index (χ0n) is 12.8. The fourth-order valence-electron chi connectivity index (χ4n) is 1.58. The molecule has 8 heteroatoms. The van der Waals surface area contributed by atoms with Crippen molar-refractivity contribution in [2.45, 2.75) is 31.5 Å². The largest absolute Gasteiger partial charge is 0.310 e. The van der Waals surface area contributed by atoms with Crippen LogP contribution in [0.1, 0.15) is 19.4 Å². The molecule has 0 atom stereocenters. The van der Waals surface area contributed by atoms with Crippen LogP contribution in [0.3, 0.4) is 0 Å². The van der Waals surface area contributed by atoms with Gasteiger partial charge >= 0.3 is 0 Å². The smallest absolute Gasteiger partial charge is 0.260 e. The number of aromatic amines is 1. The van der Waals surface area contributed by atoms with Gasteiger partial charge in [0.25, 0.3) is 10.0 Å². The Hall–Kier alpha value is -0.960. The summed E-state index contributed by atoms with van der Waals surface area (Å²) in [6.07, 6.45) is 1.56. The van der Waals surface area contributed by atoms with Gasteiger partial charge in [0.05, 0.1) is 6.20 Å². The third kappa shape index (κ3) is 4.55. The molecule has 1 aromatic heterocycles. The molecule has 0 bridgehead atoms. The molecular weight excluding hydrogens is 278 g/mol. The lowest BCUT2D eigenvalue weighted by Gasteiger charge is -2.19. The normalized spacial score (nSPS) is 12.8. The molecule has 0 saturated heterocycles. The topological polar surface area (TPSA) is 81.3 Å². The number of likely N-dealkylation sites (N-methyl/N-ethyl adjacent to an activating group) is 2. The Morgan fingerprint density at radius 2 is 1.95 bits per heavy atom. The van der Waals surface area contributed by atoms with Gasteiger partial charge in [0.1, 0.15) is 0 Å². The van der Waals surface area contributed by atoms with E-state index in [0.717, 1.165) is 0 Å². The van der Waals surface area contributed by atoms with Gasteiger partial charge in [-0.15, -0.1) is 0 Å². The Morgan fingerprint density at radius 1 is 1.30 bits per heavy atom. The summed E-state index contributed by atoms with van der Waals surface area (Å²) in [5, 5.41) is 9.84. The van der Waals surface area contributed by atoms with Crippen LogP contribution in [-0.2, 0) is 16.6 Å². The Kier molecular flexibility index (Phi) is 6.12. The Balaban J connectivity index is 2.84. The highest BCUT2D eigenvalue weighted by atomic mass is 32.2. The van der Waals surface area contributed by atoms with Crippen molar-refractivity contribution in [3.63, 3.8) is 0 Å². The fraction of sp³-hybridized carbons (Fsp3) is 0.750. The first kappa shape index (κ1) is 17.1. The SMILES string of the molecule is CC(C)NCc1cn[nH]c1S(=O)(=O)N(C)CCN(C)C. The number of nitrogens with zero attached hydrogens (tertiary/aromatic N) is 3. The van der Waals surface area contributed by atoms with Gasteiger partial charge in [0.2, 0.25) is 0 Å². The first-order chi connectivity index (χ1) is 9.25. The summed E-state index contributed by atoms with van der Waals surface area (Å²) in [4.78, 5) is 1.94. The zero-order valence-corrected chi connectivity index (χ0v) is 13.7. The second kappa shape index (κ2) is 7.16. The number of sulfonamides is 1. The minimum Gasteiger partial charge on any atom is -0.310 e. The highest BCUT2D eigenvalue weighted by molar-refractivity contribution is 7.89. The van der Waals surface area contributed by atoms with Crippen LogP contribution in [0.25, 0.3) is 0 Å². The number of hydrogen-bond acceptors (Lipinski definition) is 5. The fourth-order valence-corrected chi connectivity index (χ4v) is 2.84. The summed E-state index contributed by atoms with van der Waals surface area (Å²) in [7, 11) is 1.88. The molecule has 7 nitrogen and oxygen atoms in total. The molecule has 0 aromatic carbocycles. The highest BCUT2D eigenvalue weighted by Crippen LogP contribution is 2.16. The van der Waals surface area contributed by atoms with Crippen molar-refractivity contribution in [2.75, 3.05) is 34.2 Å². The molecule has 0 aliphatic rings. The number of H-pyrrole nitrogens is 1. The first-order valence-electron chi connectivity index (χ1n) is 6.62. The monoisotopic (exact) mass is 303 g/mol. The van der Waals surface area contributed by atoms with Gasteiger partial charge in [0.15, 0.2) is 5.03 Å². The molecule has 0 radical (unpaired) electrons.